The first-order valence-electron chi connectivity index (χ1n) is 6.79. The lowest BCUT2D eigenvalue weighted by molar-refractivity contribution is 0.415. The standard InChI is InChI=1S/C18H13N3O/c1-22-16-8-6-15(7-9-16)18-11-10-17(20-21-18)14-4-2-13(12-19)3-5-14/h2-11H,1H3. The van der Waals surface area contributed by atoms with E-state index in [-0.39, 0.29) is 0 Å². The lowest BCUT2D eigenvalue weighted by Crippen LogP contribution is -1.91. The molecule has 0 saturated heterocycles. The summed E-state index contributed by atoms with van der Waals surface area (Å²) in [5.41, 5.74) is 4.14. The summed E-state index contributed by atoms with van der Waals surface area (Å²) < 4.78 is 5.14. The second kappa shape index (κ2) is 6.06. The summed E-state index contributed by atoms with van der Waals surface area (Å²) in [6.07, 6.45) is 0. The van der Waals surface area contributed by atoms with Crippen molar-refractivity contribution in [3.8, 4) is 34.3 Å². The first-order valence-corrected chi connectivity index (χ1v) is 6.79. The number of hydrogen-bond donors (Lipinski definition) is 0. The molecule has 106 valence electrons. The number of methoxy groups -OCH3 is 1. The molecule has 22 heavy (non-hydrogen) atoms. The lowest BCUT2D eigenvalue weighted by Gasteiger charge is -2.04. The van der Waals surface area contributed by atoms with E-state index in [9.17, 15) is 0 Å². The van der Waals surface area contributed by atoms with Gasteiger partial charge in [0.25, 0.3) is 0 Å². The third-order valence-corrected chi connectivity index (χ3v) is 3.36. The first kappa shape index (κ1) is 13.8. The van der Waals surface area contributed by atoms with Crippen molar-refractivity contribution in [2.24, 2.45) is 0 Å². The SMILES string of the molecule is COc1ccc(-c2ccc(-c3ccc(C#N)cc3)nn2)cc1. The highest BCUT2D eigenvalue weighted by atomic mass is 16.5. The predicted molar refractivity (Wildman–Crippen MR) is 84.2 cm³/mol. The van der Waals surface area contributed by atoms with Crippen molar-refractivity contribution in [1.29, 1.82) is 5.26 Å². The topological polar surface area (TPSA) is 58.8 Å². The minimum Gasteiger partial charge on any atom is -0.497 e. The molecule has 3 aromatic rings. The number of rotatable bonds is 3. The molecule has 0 fully saturated rings. The van der Waals surface area contributed by atoms with E-state index >= 15 is 0 Å². The van der Waals surface area contributed by atoms with Gasteiger partial charge in [0.1, 0.15) is 5.75 Å². The molecule has 0 bridgehead atoms. The average Bonchev–Trinajstić information content (AvgIpc) is 2.62. The van der Waals surface area contributed by atoms with Gasteiger partial charge >= 0.3 is 0 Å². The molecule has 2 aromatic carbocycles. The Balaban J connectivity index is 1.86. The van der Waals surface area contributed by atoms with Gasteiger partial charge in [0.05, 0.1) is 30.1 Å². The molecule has 4 heteroatoms. The van der Waals surface area contributed by atoms with Crippen LogP contribution in [-0.2, 0) is 0 Å². The van der Waals surface area contributed by atoms with Crippen LogP contribution in [-0.4, -0.2) is 17.3 Å². The molecule has 0 aliphatic heterocycles. The predicted octanol–water partition coefficient (Wildman–Crippen LogP) is 3.69. The molecule has 0 atom stereocenters. The van der Waals surface area contributed by atoms with E-state index in [0.717, 1.165) is 28.3 Å². The van der Waals surface area contributed by atoms with Crippen molar-refractivity contribution >= 4 is 0 Å². The molecular weight excluding hydrogens is 274 g/mol. The zero-order valence-corrected chi connectivity index (χ0v) is 12.0. The number of nitriles is 1. The summed E-state index contributed by atoms with van der Waals surface area (Å²) in [4.78, 5) is 0. The zero-order chi connectivity index (χ0) is 15.4. The van der Waals surface area contributed by atoms with Gasteiger partial charge in [-0.1, -0.05) is 12.1 Å². The van der Waals surface area contributed by atoms with E-state index in [1.807, 2.05) is 48.5 Å². The molecular formula is C18H13N3O. The Morgan fingerprint density at radius 1 is 0.773 bits per heavy atom. The van der Waals surface area contributed by atoms with Crippen LogP contribution in [0.1, 0.15) is 5.56 Å². The Hall–Kier alpha value is -3.19. The van der Waals surface area contributed by atoms with Crippen LogP contribution in [0.5, 0.6) is 5.75 Å². The van der Waals surface area contributed by atoms with E-state index < -0.39 is 0 Å². The zero-order valence-electron chi connectivity index (χ0n) is 12.0. The van der Waals surface area contributed by atoms with Gasteiger partial charge in [0, 0.05) is 11.1 Å². The fraction of sp³-hybridized carbons (Fsp3) is 0.0556. The molecule has 0 aliphatic carbocycles. The molecule has 0 spiro atoms. The van der Waals surface area contributed by atoms with Crippen molar-refractivity contribution in [1.82, 2.24) is 10.2 Å². The number of hydrogen-bond acceptors (Lipinski definition) is 4. The Kier molecular flexibility index (Phi) is 3.80. The van der Waals surface area contributed by atoms with Crippen LogP contribution in [0.25, 0.3) is 22.5 Å². The molecule has 1 heterocycles. The van der Waals surface area contributed by atoms with Gasteiger partial charge in [-0.3, -0.25) is 0 Å². The van der Waals surface area contributed by atoms with E-state index in [4.69, 9.17) is 10.00 Å². The van der Waals surface area contributed by atoms with Crippen LogP contribution in [0.4, 0.5) is 0 Å². The van der Waals surface area contributed by atoms with E-state index in [2.05, 4.69) is 16.3 Å². The molecule has 0 saturated carbocycles. The highest BCUT2D eigenvalue weighted by Gasteiger charge is 2.04. The summed E-state index contributed by atoms with van der Waals surface area (Å²) in [7, 11) is 1.64. The number of nitrogens with zero attached hydrogens (tertiary/aromatic N) is 3. The highest BCUT2D eigenvalue weighted by Crippen LogP contribution is 2.22. The van der Waals surface area contributed by atoms with Crippen molar-refractivity contribution in [3.63, 3.8) is 0 Å². The largest absolute Gasteiger partial charge is 0.497 e. The maximum absolute atomic E-state index is 8.81. The lowest BCUT2D eigenvalue weighted by atomic mass is 10.1. The Labute approximate surface area is 128 Å². The number of aromatic nitrogens is 2. The molecule has 0 N–H and O–H groups in total. The summed E-state index contributed by atoms with van der Waals surface area (Å²) in [6.45, 7) is 0. The fourth-order valence-electron chi connectivity index (χ4n) is 2.12. The Morgan fingerprint density at radius 3 is 1.68 bits per heavy atom. The van der Waals surface area contributed by atoms with E-state index in [0.29, 0.717) is 5.56 Å². The van der Waals surface area contributed by atoms with Gasteiger partial charge in [0.15, 0.2) is 0 Å². The summed E-state index contributed by atoms with van der Waals surface area (Å²) in [6, 6.07) is 20.9. The minimum absolute atomic E-state index is 0.631. The smallest absolute Gasteiger partial charge is 0.118 e. The number of ether oxygens (including phenoxy) is 1. The summed E-state index contributed by atoms with van der Waals surface area (Å²) in [5.74, 6) is 0.811. The van der Waals surface area contributed by atoms with Gasteiger partial charge in [-0.15, -0.1) is 10.2 Å². The molecule has 4 nitrogen and oxygen atoms in total. The molecule has 0 radical (unpaired) electrons. The summed E-state index contributed by atoms with van der Waals surface area (Å²) in [5, 5.41) is 17.3. The second-order valence-corrected chi connectivity index (χ2v) is 4.72. The van der Waals surface area contributed by atoms with Crippen molar-refractivity contribution in [2.75, 3.05) is 7.11 Å². The minimum atomic E-state index is 0.631. The molecule has 3 rings (SSSR count). The van der Waals surface area contributed by atoms with Crippen LogP contribution < -0.4 is 4.74 Å². The van der Waals surface area contributed by atoms with E-state index in [1.165, 1.54) is 0 Å². The van der Waals surface area contributed by atoms with Crippen molar-refractivity contribution in [2.45, 2.75) is 0 Å². The van der Waals surface area contributed by atoms with Crippen molar-refractivity contribution in [3.05, 3.63) is 66.2 Å². The maximum atomic E-state index is 8.81. The van der Waals surface area contributed by atoms with Crippen LogP contribution >= 0.6 is 0 Å². The third-order valence-electron chi connectivity index (χ3n) is 3.36. The molecule has 0 unspecified atom stereocenters. The van der Waals surface area contributed by atoms with Gasteiger partial charge in [-0.2, -0.15) is 5.26 Å². The molecule has 0 amide bonds. The van der Waals surface area contributed by atoms with Gasteiger partial charge in [-0.25, -0.2) is 0 Å². The highest BCUT2D eigenvalue weighted by molar-refractivity contribution is 5.64. The van der Waals surface area contributed by atoms with Gasteiger partial charge in [-0.05, 0) is 48.5 Å². The average molecular weight is 287 g/mol. The second-order valence-electron chi connectivity index (χ2n) is 4.72. The van der Waals surface area contributed by atoms with Crippen LogP contribution in [0.15, 0.2) is 60.7 Å². The quantitative estimate of drug-likeness (QED) is 0.737. The maximum Gasteiger partial charge on any atom is 0.118 e. The molecule has 0 aliphatic rings. The fourth-order valence-corrected chi connectivity index (χ4v) is 2.12. The van der Waals surface area contributed by atoms with Crippen LogP contribution in [0, 0.1) is 11.3 Å². The van der Waals surface area contributed by atoms with Gasteiger partial charge in [0.2, 0.25) is 0 Å². The normalized spacial score (nSPS) is 10.0. The Bertz CT molecular complexity index is 801. The Morgan fingerprint density at radius 2 is 1.27 bits per heavy atom. The molecule has 1 aromatic heterocycles. The number of benzene rings is 2. The van der Waals surface area contributed by atoms with Crippen LogP contribution in [0.3, 0.4) is 0 Å². The van der Waals surface area contributed by atoms with Gasteiger partial charge < -0.3 is 4.74 Å². The van der Waals surface area contributed by atoms with Crippen molar-refractivity contribution < 1.29 is 4.74 Å². The monoisotopic (exact) mass is 287 g/mol. The van der Waals surface area contributed by atoms with Crippen LogP contribution in [0.2, 0.25) is 0 Å². The van der Waals surface area contributed by atoms with E-state index in [1.54, 1.807) is 19.2 Å². The summed E-state index contributed by atoms with van der Waals surface area (Å²) >= 11 is 0. The first-order chi connectivity index (χ1) is 10.8. The third kappa shape index (κ3) is 2.79.